The van der Waals surface area contributed by atoms with E-state index >= 15 is 0 Å². The van der Waals surface area contributed by atoms with E-state index in [0.717, 1.165) is 0 Å². The van der Waals surface area contributed by atoms with Gasteiger partial charge in [0.15, 0.2) is 0 Å². The molecule has 96 valence electrons. The highest BCUT2D eigenvalue weighted by Gasteiger charge is 2.40. The maximum atomic E-state index is 12.4. The molecule has 0 aliphatic carbocycles. The van der Waals surface area contributed by atoms with Crippen LogP contribution in [0.1, 0.15) is 16.7 Å². The van der Waals surface area contributed by atoms with Crippen molar-refractivity contribution in [3.63, 3.8) is 0 Å². The van der Waals surface area contributed by atoms with Crippen LogP contribution in [0.15, 0.2) is 12.1 Å². The summed E-state index contributed by atoms with van der Waals surface area (Å²) in [4.78, 5) is 0. The van der Waals surface area contributed by atoms with E-state index in [1.54, 1.807) is 0 Å². The van der Waals surface area contributed by atoms with Crippen LogP contribution in [0.5, 0.6) is 0 Å². The fraction of sp³-hybridized carbons (Fsp3) is 0.333. The first-order valence-electron chi connectivity index (χ1n) is 4.34. The first kappa shape index (κ1) is 13.6. The molecular weight excluding hydrogens is 250 g/mol. The highest BCUT2D eigenvalue weighted by Crippen LogP contribution is 2.41. The van der Waals surface area contributed by atoms with Gasteiger partial charge in [-0.2, -0.15) is 26.3 Å². The third-order valence-electron chi connectivity index (χ3n) is 2.09. The lowest BCUT2D eigenvalue weighted by Gasteiger charge is -2.17. The van der Waals surface area contributed by atoms with Crippen molar-refractivity contribution in [1.29, 1.82) is 0 Å². The molecule has 0 aliphatic heterocycles. The lowest BCUT2D eigenvalue weighted by Crippen LogP contribution is -2.17. The Hall–Kier alpha value is -1.44. The SMILES string of the molecule is NCc1cc(C(F)(F)F)c(N)c(C(F)(F)F)c1. The number of hydrogen-bond acceptors (Lipinski definition) is 2. The number of rotatable bonds is 1. The molecule has 0 heterocycles. The zero-order valence-electron chi connectivity index (χ0n) is 8.28. The second kappa shape index (κ2) is 4.10. The Bertz CT molecular complexity index is 385. The van der Waals surface area contributed by atoms with E-state index in [-0.39, 0.29) is 5.56 Å². The summed E-state index contributed by atoms with van der Waals surface area (Å²) in [7, 11) is 0. The predicted octanol–water partition coefficient (Wildman–Crippen LogP) is 2.77. The molecule has 4 N–H and O–H groups in total. The van der Waals surface area contributed by atoms with Crippen LogP contribution >= 0.6 is 0 Å². The number of alkyl halides is 6. The zero-order valence-corrected chi connectivity index (χ0v) is 8.28. The van der Waals surface area contributed by atoms with Crippen molar-refractivity contribution in [1.82, 2.24) is 0 Å². The average Bonchev–Trinajstić information content (AvgIpc) is 2.14. The quantitative estimate of drug-likeness (QED) is 0.601. The van der Waals surface area contributed by atoms with Crippen LogP contribution in [0.25, 0.3) is 0 Å². The molecule has 0 atom stereocenters. The minimum absolute atomic E-state index is 0.279. The first-order valence-corrected chi connectivity index (χ1v) is 4.34. The Morgan fingerprint density at radius 2 is 1.24 bits per heavy atom. The summed E-state index contributed by atoms with van der Waals surface area (Å²) >= 11 is 0. The van der Waals surface area contributed by atoms with E-state index in [2.05, 4.69) is 0 Å². The standard InChI is InChI=1S/C9H8F6N2/c10-8(11,12)5-1-4(3-16)2-6(7(5)17)9(13,14)15/h1-2H,3,16-17H2. The van der Waals surface area contributed by atoms with Crippen LogP contribution in [0.2, 0.25) is 0 Å². The van der Waals surface area contributed by atoms with E-state index in [4.69, 9.17) is 11.5 Å². The van der Waals surface area contributed by atoms with Crippen LogP contribution in [-0.2, 0) is 18.9 Å². The Kier molecular flexibility index (Phi) is 3.28. The van der Waals surface area contributed by atoms with Crippen molar-refractivity contribution < 1.29 is 26.3 Å². The van der Waals surface area contributed by atoms with Crippen LogP contribution in [0, 0.1) is 0 Å². The third-order valence-corrected chi connectivity index (χ3v) is 2.09. The van der Waals surface area contributed by atoms with Gasteiger partial charge in [0.2, 0.25) is 0 Å². The van der Waals surface area contributed by atoms with E-state index in [9.17, 15) is 26.3 Å². The summed E-state index contributed by atoms with van der Waals surface area (Å²) in [6.07, 6.45) is -9.90. The van der Waals surface area contributed by atoms with Gasteiger partial charge in [-0.1, -0.05) is 0 Å². The maximum absolute atomic E-state index is 12.4. The summed E-state index contributed by atoms with van der Waals surface area (Å²) in [6.45, 7) is -0.438. The Labute approximate surface area is 92.2 Å². The average molecular weight is 258 g/mol. The zero-order chi connectivity index (χ0) is 13.4. The second-order valence-electron chi connectivity index (χ2n) is 3.30. The molecule has 0 saturated heterocycles. The van der Waals surface area contributed by atoms with Gasteiger partial charge < -0.3 is 11.5 Å². The maximum Gasteiger partial charge on any atom is 0.418 e. The summed E-state index contributed by atoms with van der Waals surface area (Å²) in [5, 5.41) is 0. The van der Waals surface area contributed by atoms with Gasteiger partial charge in [0.05, 0.1) is 16.8 Å². The molecule has 0 bridgehead atoms. The van der Waals surface area contributed by atoms with Crippen molar-refractivity contribution in [3.8, 4) is 0 Å². The monoisotopic (exact) mass is 258 g/mol. The van der Waals surface area contributed by atoms with E-state index in [1.807, 2.05) is 0 Å². The molecule has 1 aromatic carbocycles. The third kappa shape index (κ3) is 2.82. The van der Waals surface area contributed by atoms with Crippen LogP contribution in [-0.4, -0.2) is 0 Å². The molecule has 0 unspecified atom stereocenters. The molecule has 8 heteroatoms. The minimum Gasteiger partial charge on any atom is -0.398 e. The van der Waals surface area contributed by atoms with E-state index in [0.29, 0.717) is 12.1 Å². The highest BCUT2D eigenvalue weighted by atomic mass is 19.4. The summed E-state index contributed by atoms with van der Waals surface area (Å²) < 4.78 is 74.7. The van der Waals surface area contributed by atoms with Gasteiger partial charge in [-0.15, -0.1) is 0 Å². The summed E-state index contributed by atoms with van der Waals surface area (Å²) in [5.41, 5.74) is 5.30. The molecule has 1 rings (SSSR count). The molecule has 0 fully saturated rings. The lowest BCUT2D eigenvalue weighted by atomic mass is 10.0. The van der Waals surface area contributed by atoms with Crippen molar-refractivity contribution in [2.75, 3.05) is 5.73 Å². The van der Waals surface area contributed by atoms with E-state index < -0.39 is 35.7 Å². The Morgan fingerprint density at radius 1 is 0.882 bits per heavy atom. The number of nitrogens with two attached hydrogens (primary N) is 2. The normalized spacial score (nSPS) is 12.9. The van der Waals surface area contributed by atoms with Gasteiger partial charge in [0.25, 0.3) is 0 Å². The van der Waals surface area contributed by atoms with Crippen molar-refractivity contribution in [2.24, 2.45) is 5.73 Å². The molecule has 0 aliphatic rings. The first-order chi connectivity index (χ1) is 7.57. The highest BCUT2D eigenvalue weighted by molar-refractivity contribution is 5.58. The fourth-order valence-corrected chi connectivity index (χ4v) is 1.30. The number of halogens is 6. The van der Waals surface area contributed by atoms with Crippen LogP contribution in [0.4, 0.5) is 32.0 Å². The van der Waals surface area contributed by atoms with E-state index in [1.165, 1.54) is 0 Å². The van der Waals surface area contributed by atoms with Crippen molar-refractivity contribution in [3.05, 3.63) is 28.8 Å². The smallest absolute Gasteiger partial charge is 0.398 e. The second-order valence-corrected chi connectivity index (χ2v) is 3.30. The van der Waals surface area contributed by atoms with Gasteiger partial charge >= 0.3 is 12.4 Å². The summed E-state index contributed by atoms with van der Waals surface area (Å²) in [5.74, 6) is 0. The number of anilines is 1. The molecule has 2 nitrogen and oxygen atoms in total. The molecular formula is C9H8F6N2. The van der Waals surface area contributed by atoms with Gasteiger partial charge in [-0.05, 0) is 17.7 Å². The molecule has 0 radical (unpaired) electrons. The van der Waals surface area contributed by atoms with Gasteiger partial charge in [-0.25, -0.2) is 0 Å². The van der Waals surface area contributed by atoms with Crippen molar-refractivity contribution in [2.45, 2.75) is 18.9 Å². The van der Waals surface area contributed by atoms with Gasteiger partial charge in [0.1, 0.15) is 0 Å². The van der Waals surface area contributed by atoms with Crippen LogP contribution in [0.3, 0.4) is 0 Å². The number of benzene rings is 1. The topological polar surface area (TPSA) is 52.0 Å². The predicted molar refractivity (Wildman–Crippen MR) is 48.7 cm³/mol. The molecule has 0 amide bonds. The van der Waals surface area contributed by atoms with Gasteiger partial charge in [-0.3, -0.25) is 0 Å². The summed E-state index contributed by atoms with van der Waals surface area (Å²) in [6, 6.07) is 1.04. The number of nitrogen functional groups attached to an aromatic ring is 1. The van der Waals surface area contributed by atoms with Gasteiger partial charge in [0, 0.05) is 6.54 Å². The fourth-order valence-electron chi connectivity index (χ4n) is 1.30. The minimum atomic E-state index is -4.95. The molecule has 0 spiro atoms. The van der Waals surface area contributed by atoms with Crippen LogP contribution < -0.4 is 11.5 Å². The lowest BCUT2D eigenvalue weighted by molar-refractivity contribution is -0.141. The Morgan fingerprint density at radius 3 is 1.47 bits per heavy atom. The molecule has 17 heavy (non-hydrogen) atoms. The van der Waals surface area contributed by atoms with Crippen molar-refractivity contribution >= 4 is 5.69 Å². The molecule has 0 saturated carbocycles. The number of hydrogen-bond donors (Lipinski definition) is 2. The Balaban J connectivity index is 3.53. The molecule has 0 aromatic heterocycles. The molecule has 1 aromatic rings. The largest absolute Gasteiger partial charge is 0.418 e.